The second kappa shape index (κ2) is 9.00. The van der Waals surface area contributed by atoms with Crippen LogP contribution in [0.25, 0.3) is 0 Å². The molecular formula is C21H23N3O4S. The van der Waals surface area contributed by atoms with Crippen LogP contribution in [0.3, 0.4) is 0 Å². The molecule has 0 saturated carbocycles. The van der Waals surface area contributed by atoms with Crippen LogP contribution in [0.1, 0.15) is 17.5 Å². The van der Waals surface area contributed by atoms with Gasteiger partial charge in [0, 0.05) is 18.2 Å². The summed E-state index contributed by atoms with van der Waals surface area (Å²) in [5.74, 6) is 0.601. The van der Waals surface area contributed by atoms with E-state index in [9.17, 15) is 9.59 Å². The van der Waals surface area contributed by atoms with Crippen molar-refractivity contribution in [1.82, 2.24) is 5.32 Å². The first-order valence-electron chi connectivity index (χ1n) is 9.05. The number of nitrogens with one attached hydrogen (secondary N) is 2. The van der Waals surface area contributed by atoms with Gasteiger partial charge in [0.05, 0.1) is 19.9 Å². The molecule has 1 heterocycles. The molecular weight excluding hydrogens is 390 g/mol. The Morgan fingerprint density at radius 1 is 1.14 bits per heavy atom. The number of benzene rings is 2. The van der Waals surface area contributed by atoms with Crippen LogP contribution >= 0.6 is 11.8 Å². The van der Waals surface area contributed by atoms with Gasteiger partial charge in [-0.3, -0.25) is 9.59 Å². The SMILES string of the molecule is COc1ccc(NC(=O)C[C@H]2SC(=Nc3cc(C)ccc3C)NC2=O)cc1OC. The minimum absolute atomic E-state index is 0.0384. The van der Waals surface area contributed by atoms with Crippen molar-refractivity contribution in [3.05, 3.63) is 47.5 Å². The van der Waals surface area contributed by atoms with E-state index in [-0.39, 0.29) is 18.2 Å². The van der Waals surface area contributed by atoms with Gasteiger partial charge in [0.25, 0.3) is 0 Å². The second-order valence-electron chi connectivity index (χ2n) is 6.62. The summed E-state index contributed by atoms with van der Waals surface area (Å²) in [5, 5.41) is 5.53. The van der Waals surface area contributed by atoms with Crippen LogP contribution in [-0.2, 0) is 9.59 Å². The van der Waals surface area contributed by atoms with E-state index < -0.39 is 5.25 Å². The number of thioether (sulfide) groups is 1. The lowest BCUT2D eigenvalue weighted by Gasteiger charge is -2.11. The number of rotatable bonds is 6. The van der Waals surface area contributed by atoms with Crippen molar-refractivity contribution in [2.24, 2.45) is 4.99 Å². The van der Waals surface area contributed by atoms with Crippen molar-refractivity contribution in [3.8, 4) is 11.5 Å². The minimum Gasteiger partial charge on any atom is -0.493 e. The Morgan fingerprint density at radius 3 is 2.62 bits per heavy atom. The molecule has 2 N–H and O–H groups in total. The van der Waals surface area contributed by atoms with E-state index in [0.29, 0.717) is 22.4 Å². The fourth-order valence-corrected chi connectivity index (χ4v) is 3.82. The summed E-state index contributed by atoms with van der Waals surface area (Å²) in [7, 11) is 3.07. The molecule has 7 nitrogen and oxygen atoms in total. The second-order valence-corrected chi connectivity index (χ2v) is 7.82. The lowest BCUT2D eigenvalue weighted by Crippen LogP contribution is -2.28. The molecule has 0 spiro atoms. The van der Waals surface area contributed by atoms with Gasteiger partial charge in [0.15, 0.2) is 16.7 Å². The molecule has 3 rings (SSSR count). The molecule has 0 aromatic heterocycles. The molecule has 0 unspecified atom stereocenters. The number of carbonyl (C=O) groups is 2. The smallest absolute Gasteiger partial charge is 0.240 e. The highest BCUT2D eigenvalue weighted by molar-refractivity contribution is 8.15. The highest BCUT2D eigenvalue weighted by atomic mass is 32.2. The standard InChI is InChI=1S/C21H23N3O4S/c1-12-5-6-13(2)15(9-12)23-21-24-20(26)18(29-21)11-19(25)22-14-7-8-16(27-3)17(10-14)28-4/h5-10,18H,11H2,1-4H3,(H,22,25)(H,23,24,26)/t18-/m1/s1. The molecule has 8 heteroatoms. The minimum atomic E-state index is -0.529. The summed E-state index contributed by atoms with van der Waals surface area (Å²) < 4.78 is 10.4. The zero-order valence-electron chi connectivity index (χ0n) is 16.7. The van der Waals surface area contributed by atoms with Crippen LogP contribution in [-0.4, -0.2) is 36.5 Å². The first-order chi connectivity index (χ1) is 13.9. The molecule has 1 aliphatic heterocycles. The van der Waals surface area contributed by atoms with E-state index in [1.54, 1.807) is 25.3 Å². The van der Waals surface area contributed by atoms with Gasteiger partial charge in [-0.1, -0.05) is 23.9 Å². The van der Waals surface area contributed by atoms with Crippen LogP contribution in [0.2, 0.25) is 0 Å². The molecule has 2 aromatic rings. The number of aliphatic imine (C=N–C) groups is 1. The van der Waals surface area contributed by atoms with E-state index >= 15 is 0 Å². The molecule has 1 atom stereocenters. The van der Waals surface area contributed by atoms with E-state index in [4.69, 9.17) is 9.47 Å². The van der Waals surface area contributed by atoms with Crippen molar-refractivity contribution >= 4 is 40.1 Å². The number of ether oxygens (including phenoxy) is 2. The quantitative estimate of drug-likeness (QED) is 0.756. The Labute approximate surface area is 173 Å². The number of hydrogen-bond donors (Lipinski definition) is 2. The number of nitrogens with zero attached hydrogens (tertiary/aromatic N) is 1. The van der Waals surface area contributed by atoms with Crippen molar-refractivity contribution in [2.45, 2.75) is 25.5 Å². The molecule has 2 aromatic carbocycles. The maximum Gasteiger partial charge on any atom is 0.240 e. The average molecular weight is 413 g/mol. The van der Waals surface area contributed by atoms with Gasteiger partial charge in [-0.2, -0.15) is 0 Å². The Balaban J connectivity index is 1.65. The lowest BCUT2D eigenvalue weighted by molar-refractivity contribution is -0.122. The van der Waals surface area contributed by atoms with Crippen LogP contribution in [0, 0.1) is 13.8 Å². The van der Waals surface area contributed by atoms with Crippen LogP contribution in [0.5, 0.6) is 11.5 Å². The lowest BCUT2D eigenvalue weighted by atomic mass is 10.1. The van der Waals surface area contributed by atoms with E-state index in [2.05, 4.69) is 15.6 Å². The highest BCUT2D eigenvalue weighted by Crippen LogP contribution is 2.31. The highest BCUT2D eigenvalue weighted by Gasteiger charge is 2.32. The molecule has 1 fully saturated rings. The molecule has 0 bridgehead atoms. The first kappa shape index (κ1) is 20.7. The number of aryl methyl sites for hydroxylation is 2. The van der Waals surface area contributed by atoms with Gasteiger partial charge in [0.1, 0.15) is 5.25 Å². The third-order valence-electron chi connectivity index (χ3n) is 4.40. The molecule has 2 amide bonds. The molecule has 0 radical (unpaired) electrons. The zero-order chi connectivity index (χ0) is 21.0. The number of amidine groups is 1. The predicted octanol–water partition coefficient (Wildman–Crippen LogP) is 3.57. The van der Waals surface area contributed by atoms with Gasteiger partial charge in [-0.25, -0.2) is 4.99 Å². The molecule has 29 heavy (non-hydrogen) atoms. The van der Waals surface area contributed by atoms with Crippen LogP contribution < -0.4 is 20.1 Å². The zero-order valence-corrected chi connectivity index (χ0v) is 17.6. The molecule has 1 aliphatic rings. The number of anilines is 1. The van der Waals surface area contributed by atoms with Gasteiger partial charge in [-0.05, 0) is 43.2 Å². The number of methoxy groups -OCH3 is 2. The van der Waals surface area contributed by atoms with E-state index in [1.165, 1.54) is 18.9 Å². The number of carbonyl (C=O) groups excluding carboxylic acids is 2. The van der Waals surface area contributed by atoms with Crippen molar-refractivity contribution in [3.63, 3.8) is 0 Å². The van der Waals surface area contributed by atoms with Gasteiger partial charge < -0.3 is 20.1 Å². The molecule has 152 valence electrons. The van der Waals surface area contributed by atoms with Gasteiger partial charge in [-0.15, -0.1) is 0 Å². The maximum atomic E-state index is 12.4. The summed E-state index contributed by atoms with van der Waals surface area (Å²) in [6.45, 7) is 3.96. The molecule has 1 saturated heterocycles. The van der Waals surface area contributed by atoms with Crippen LogP contribution in [0.15, 0.2) is 41.4 Å². The summed E-state index contributed by atoms with van der Waals surface area (Å²) in [5.41, 5.74) is 3.49. The largest absolute Gasteiger partial charge is 0.493 e. The summed E-state index contributed by atoms with van der Waals surface area (Å²) in [6, 6.07) is 11.1. The van der Waals surface area contributed by atoms with Crippen molar-refractivity contribution in [2.75, 3.05) is 19.5 Å². The maximum absolute atomic E-state index is 12.4. The Kier molecular flexibility index (Phi) is 6.43. The Bertz CT molecular complexity index is 974. The van der Waals surface area contributed by atoms with E-state index in [0.717, 1.165) is 16.8 Å². The molecule has 0 aliphatic carbocycles. The topological polar surface area (TPSA) is 89.0 Å². The predicted molar refractivity (Wildman–Crippen MR) is 115 cm³/mol. The summed E-state index contributed by atoms with van der Waals surface area (Å²) in [6.07, 6.45) is 0.0384. The van der Waals surface area contributed by atoms with Crippen molar-refractivity contribution in [1.29, 1.82) is 0 Å². The normalized spacial score (nSPS) is 17.2. The van der Waals surface area contributed by atoms with Gasteiger partial charge in [0.2, 0.25) is 11.8 Å². The monoisotopic (exact) mass is 413 g/mol. The third kappa shape index (κ3) is 5.08. The average Bonchev–Trinajstić information content (AvgIpc) is 3.03. The number of hydrogen-bond acceptors (Lipinski definition) is 6. The Morgan fingerprint density at radius 2 is 1.90 bits per heavy atom. The Hall–Kier alpha value is -3.00. The number of amides is 2. The fraction of sp³-hybridized carbons (Fsp3) is 0.286. The summed E-state index contributed by atoms with van der Waals surface area (Å²) in [4.78, 5) is 29.2. The summed E-state index contributed by atoms with van der Waals surface area (Å²) >= 11 is 1.26. The van der Waals surface area contributed by atoms with Crippen molar-refractivity contribution < 1.29 is 19.1 Å². The third-order valence-corrected chi connectivity index (χ3v) is 5.48. The van der Waals surface area contributed by atoms with E-state index in [1.807, 2.05) is 32.0 Å². The van der Waals surface area contributed by atoms with Gasteiger partial charge >= 0.3 is 0 Å². The van der Waals surface area contributed by atoms with Crippen LogP contribution in [0.4, 0.5) is 11.4 Å². The fourth-order valence-electron chi connectivity index (χ4n) is 2.84. The first-order valence-corrected chi connectivity index (χ1v) is 9.93.